The molecule has 2 heterocycles. The van der Waals surface area contributed by atoms with E-state index in [2.05, 4.69) is 17.2 Å². The number of aromatic nitrogens is 1. The molecule has 4 rings (SSSR count). The first-order chi connectivity index (χ1) is 14.0. The van der Waals surface area contributed by atoms with Gasteiger partial charge in [-0.3, -0.25) is 9.59 Å². The van der Waals surface area contributed by atoms with E-state index < -0.39 is 5.92 Å². The van der Waals surface area contributed by atoms with Crippen molar-refractivity contribution in [2.24, 2.45) is 11.8 Å². The highest BCUT2D eigenvalue weighted by Crippen LogP contribution is 2.35. The summed E-state index contributed by atoms with van der Waals surface area (Å²) in [6, 6.07) is 5.32. The van der Waals surface area contributed by atoms with Gasteiger partial charge in [0.25, 0.3) is 0 Å². The number of carbonyl (C=O) groups is 2. The minimum atomic E-state index is -0.407. The molecule has 1 aromatic carbocycles. The van der Waals surface area contributed by atoms with Crippen molar-refractivity contribution in [3.63, 3.8) is 0 Å². The van der Waals surface area contributed by atoms with E-state index >= 15 is 0 Å². The number of ether oxygens (including phenoxy) is 2. The molecule has 8 heteroatoms. The number of thiazole rings is 1. The predicted molar refractivity (Wildman–Crippen MR) is 112 cm³/mol. The first kappa shape index (κ1) is 19.7. The molecule has 1 aromatic heterocycles. The molecule has 1 saturated heterocycles. The van der Waals surface area contributed by atoms with Crippen LogP contribution in [0.15, 0.2) is 18.2 Å². The van der Waals surface area contributed by atoms with Crippen LogP contribution >= 0.6 is 11.3 Å². The fourth-order valence-electron chi connectivity index (χ4n) is 3.93. The molecule has 2 atom stereocenters. The number of nitrogens with one attached hydrogen (secondary N) is 1. The van der Waals surface area contributed by atoms with Crippen LogP contribution < -0.4 is 19.7 Å². The fourth-order valence-corrected chi connectivity index (χ4v) is 5.10. The Labute approximate surface area is 174 Å². The van der Waals surface area contributed by atoms with Gasteiger partial charge in [-0.2, -0.15) is 0 Å². The lowest BCUT2D eigenvalue weighted by Crippen LogP contribution is -2.28. The molecule has 2 aliphatic rings. The lowest BCUT2D eigenvalue weighted by atomic mass is 9.93. The maximum atomic E-state index is 12.8. The largest absolute Gasteiger partial charge is 0.493 e. The van der Waals surface area contributed by atoms with E-state index in [-0.39, 0.29) is 18.2 Å². The van der Waals surface area contributed by atoms with Crippen LogP contribution in [0.1, 0.15) is 30.3 Å². The Bertz CT molecular complexity index is 942. The van der Waals surface area contributed by atoms with Crippen LogP contribution in [0.3, 0.4) is 0 Å². The van der Waals surface area contributed by atoms with Gasteiger partial charge in [-0.25, -0.2) is 4.98 Å². The van der Waals surface area contributed by atoms with Gasteiger partial charge in [-0.1, -0.05) is 6.92 Å². The average Bonchev–Trinajstić information content (AvgIpc) is 3.29. The molecule has 0 bridgehead atoms. The van der Waals surface area contributed by atoms with Crippen molar-refractivity contribution >= 4 is 34.0 Å². The van der Waals surface area contributed by atoms with Gasteiger partial charge in [0.15, 0.2) is 16.6 Å². The second kappa shape index (κ2) is 8.02. The fraction of sp³-hybridized carbons (Fsp3) is 0.476. The number of hydrogen-bond donors (Lipinski definition) is 1. The molecule has 1 fully saturated rings. The third-order valence-electron chi connectivity index (χ3n) is 5.59. The molecular weight excluding hydrogens is 390 g/mol. The normalized spacial score (nSPS) is 21.1. The van der Waals surface area contributed by atoms with Crippen molar-refractivity contribution in [3.05, 3.63) is 28.8 Å². The topological polar surface area (TPSA) is 80.8 Å². The molecular formula is C21H25N3O4S. The van der Waals surface area contributed by atoms with Crippen molar-refractivity contribution in [2.45, 2.75) is 32.6 Å². The number of nitrogens with zero attached hydrogens (tertiary/aromatic N) is 2. The predicted octanol–water partition coefficient (Wildman–Crippen LogP) is 3.28. The van der Waals surface area contributed by atoms with Crippen molar-refractivity contribution in [3.8, 4) is 11.5 Å². The third-order valence-corrected chi connectivity index (χ3v) is 6.63. The van der Waals surface area contributed by atoms with E-state index in [1.807, 2.05) is 0 Å². The maximum Gasteiger partial charge on any atom is 0.231 e. The Balaban J connectivity index is 1.44. The minimum Gasteiger partial charge on any atom is -0.493 e. The Kier molecular flexibility index (Phi) is 5.45. The Morgan fingerprint density at radius 1 is 1.24 bits per heavy atom. The van der Waals surface area contributed by atoms with Gasteiger partial charge in [0.1, 0.15) is 0 Å². The molecule has 29 heavy (non-hydrogen) atoms. The lowest BCUT2D eigenvalue weighted by Gasteiger charge is -2.18. The summed E-state index contributed by atoms with van der Waals surface area (Å²) in [6.07, 6.45) is 3.32. The number of anilines is 2. The van der Waals surface area contributed by atoms with E-state index in [0.717, 1.165) is 25.0 Å². The zero-order valence-corrected chi connectivity index (χ0v) is 17.7. The molecule has 2 aromatic rings. The van der Waals surface area contributed by atoms with Gasteiger partial charge >= 0.3 is 0 Å². The highest BCUT2D eigenvalue weighted by Gasteiger charge is 2.36. The molecule has 2 amide bonds. The summed E-state index contributed by atoms with van der Waals surface area (Å²) in [5.41, 5.74) is 1.81. The average molecular weight is 416 g/mol. The second-order valence-electron chi connectivity index (χ2n) is 7.67. The number of amides is 2. The minimum absolute atomic E-state index is 0.0790. The summed E-state index contributed by atoms with van der Waals surface area (Å²) in [5.74, 6) is 1.17. The summed E-state index contributed by atoms with van der Waals surface area (Å²) >= 11 is 1.56. The zero-order chi connectivity index (χ0) is 20.5. The first-order valence-corrected chi connectivity index (χ1v) is 10.6. The number of aryl methyl sites for hydroxylation is 1. The first-order valence-electron chi connectivity index (χ1n) is 9.80. The Morgan fingerprint density at radius 3 is 2.79 bits per heavy atom. The van der Waals surface area contributed by atoms with Gasteiger partial charge in [0, 0.05) is 29.6 Å². The summed E-state index contributed by atoms with van der Waals surface area (Å²) in [6.45, 7) is 2.58. The van der Waals surface area contributed by atoms with Crippen LogP contribution in [0, 0.1) is 11.8 Å². The van der Waals surface area contributed by atoms with Crippen LogP contribution in [0.2, 0.25) is 0 Å². The molecule has 1 aliphatic carbocycles. The van der Waals surface area contributed by atoms with Crippen LogP contribution in [0.25, 0.3) is 0 Å². The van der Waals surface area contributed by atoms with Crippen LogP contribution in [-0.2, 0) is 22.4 Å². The molecule has 1 aliphatic heterocycles. The van der Waals surface area contributed by atoms with Crippen molar-refractivity contribution < 1.29 is 19.1 Å². The van der Waals surface area contributed by atoms with Crippen LogP contribution in [-0.4, -0.2) is 37.6 Å². The van der Waals surface area contributed by atoms with Gasteiger partial charge in [-0.05, 0) is 37.3 Å². The SMILES string of the molecule is COc1ccc(N2CC(C(=O)Nc3nc4c(s3)CC(C)CC4)CC2=O)cc1OC. The number of benzene rings is 1. The molecule has 1 N–H and O–H groups in total. The van der Waals surface area contributed by atoms with Crippen LogP contribution in [0.4, 0.5) is 10.8 Å². The third kappa shape index (κ3) is 3.94. The number of rotatable bonds is 5. The van der Waals surface area contributed by atoms with Gasteiger partial charge in [-0.15, -0.1) is 11.3 Å². The smallest absolute Gasteiger partial charge is 0.231 e. The Morgan fingerprint density at radius 2 is 2.03 bits per heavy atom. The monoisotopic (exact) mass is 415 g/mol. The van der Waals surface area contributed by atoms with Crippen molar-refractivity contribution in [1.82, 2.24) is 4.98 Å². The highest BCUT2D eigenvalue weighted by atomic mass is 32.1. The zero-order valence-electron chi connectivity index (χ0n) is 16.9. The maximum absolute atomic E-state index is 12.8. The Hall–Kier alpha value is -2.61. The number of carbonyl (C=O) groups excluding carboxylic acids is 2. The summed E-state index contributed by atoms with van der Waals surface area (Å²) in [5, 5.41) is 3.58. The van der Waals surface area contributed by atoms with E-state index in [4.69, 9.17) is 9.47 Å². The van der Waals surface area contributed by atoms with E-state index in [1.165, 1.54) is 4.88 Å². The quantitative estimate of drug-likeness (QED) is 0.811. The highest BCUT2D eigenvalue weighted by molar-refractivity contribution is 7.15. The van der Waals surface area contributed by atoms with Crippen molar-refractivity contribution in [1.29, 1.82) is 0 Å². The van der Waals surface area contributed by atoms with Gasteiger partial charge < -0.3 is 19.7 Å². The van der Waals surface area contributed by atoms with Gasteiger partial charge in [0.05, 0.1) is 25.8 Å². The molecule has 2 unspecified atom stereocenters. The molecule has 0 radical (unpaired) electrons. The molecule has 0 spiro atoms. The van der Waals surface area contributed by atoms with E-state index in [1.54, 1.807) is 48.7 Å². The van der Waals surface area contributed by atoms with Crippen molar-refractivity contribution in [2.75, 3.05) is 31.0 Å². The standard InChI is InChI=1S/C21H25N3O4S/c1-12-4-6-15-18(8-12)29-21(22-15)23-20(26)13-9-19(25)24(11-13)14-5-7-16(27-2)17(10-14)28-3/h5,7,10,12-13H,4,6,8-9,11H2,1-3H3,(H,22,23,26). The van der Waals surface area contributed by atoms with E-state index in [9.17, 15) is 9.59 Å². The van der Waals surface area contributed by atoms with E-state index in [0.29, 0.717) is 34.8 Å². The van der Waals surface area contributed by atoms with Gasteiger partial charge in [0.2, 0.25) is 11.8 Å². The molecule has 7 nitrogen and oxygen atoms in total. The number of fused-ring (bicyclic) bond motifs is 1. The number of methoxy groups -OCH3 is 2. The van der Waals surface area contributed by atoms with Crippen LogP contribution in [0.5, 0.6) is 11.5 Å². The summed E-state index contributed by atoms with van der Waals surface area (Å²) in [4.78, 5) is 32.8. The molecule has 0 saturated carbocycles. The summed E-state index contributed by atoms with van der Waals surface area (Å²) in [7, 11) is 3.12. The number of hydrogen-bond acceptors (Lipinski definition) is 6. The second-order valence-corrected chi connectivity index (χ2v) is 8.75. The molecule has 154 valence electrons. The lowest BCUT2D eigenvalue weighted by molar-refractivity contribution is -0.122. The summed E-state index contributed by atoms with van der Waals surface area (Å²) < 4.78 is 10.6.